The third-order valence-electron chi connectivity index (χ3n) is 2.59. The van der Waals surface area contributed by atoms with Gasteiger partial charge in [0.15, 0.2) is 0 Å². The van der Waals surface area contributed by atoms with Crippen molar-refractivity contribution in [2.45, 2.75) is 18.4 Å². The second kappa shape index (κ2) is 5.47. The van der Waals surface area contributed by atoms with E-state index in [2.05, 4.69) is 19.9 Å². The topological polar surface area (TPSA) is 111 Å². The number of benzene rings is 1. The van der Waals surface area contributed by atoms with Crippen LogP contribution in [0.3, 0.4) is 0 Å². The van der Waals surface area contributed by atoms with E-state index in [0.717, 1.165) is 0 Å². The number of halogens is 1. The van der Waals surface area contributed by atoms with Gasteiger partial charge in [0.2, 0.25) is 0 Å². The molecular formula is C11H12FN5O2S. The number of anilines is 1. The number of nitrogens with one attached hydrogen (secondary N) is 1. The Morgan fingerprint density at radius 3 is 2.70 bits per heavy atom. The molecule has 0 amide bonds. The molecule has 7 nitrogen and oxygen atoms in total. The zero-order valence-electron chi connectivity index (χ0n) is 10.5. The SMILES string of the molecule is Cc1c(F)cc(CN)cc1S(=O)(=O)Nc1nccnn1. The van der Waals surface area contributed by atoms with E-state index in [9.17, 15) is 12.8 Å². The van der Waals surface area contributed by atoms with Gasteiger partial charge in [-0.2, -0.15) is 5.10 Å². The molecule has 0 fully saturated rings. The fourth-order valence-electron chi connectivity index (χ4n) is 1.57. The lowest BCUT2D eigenvalue weighted by Crippen LogP contribution is -2.17. The summed E-state index contributed by atoms with van der Waals surface area (Å²) in [5.41, 5.74) is 5.79. The number of rotatable bonds is 4. The number of sulfonamides is 1. The van der Waals surface area contributed by atoms with Crippen molar-refractivity contribution in [2.75, 3.05) is 4.72 Å². The Bertz CT molecular complexity index is 721. The molecule has 0 atom stereocenters. The maximum Gasteiger partial charge on any atom is 0.264 e. The molecule has 3 N–H and O–H groups in total. The first-order chi connectivity index (χ1) is 9.44. The van der Waals surface area contributed by atoms with Crippen LogP contribution in [-0.2, 0) is 16.6 Å². The molecule has 1 aromatic heterocycles. The highest BCUT2D eigenvalue weighted by atomic mass is 32.2. The van der Waals surface area contributed by atoms with Crippen LogP contribution in [-0.4, -0.2) is 23.6 Å². The second-order valence-corrected chi connectivity index (χ2v) is 5.63. The molecule has 0 unspecified atom stereocenters. The molecule has 2 aromatic rings. The number of nitrogens with two attached hydrogens (primary N) is 1. The molecule has 106 valence electrons. The van der Waals surface area contributed by atoms with Gasteiger partial charge in [-0.05, 0) is 24.6 Å². The summed E-state index contributed by atoms with van der Waals surface area (Å²) in [5, 5.41) is 7.02. The minimum absolute atomic E-state index is 0.00131. The monoisotopic (exact) mass is 297 g/mol. The van der Waals surface area contributed by atoms with Gasteiger partial charge in [-0.25, -0.2) is 22.5 Å². The highest BCUT2D eigenvalue weighted by molar-refractivity contribution is 7.92. The van der Waals surface area contributed by atoms with Crippen LogP contribution >= 0.6 is 0 Å². The lowest BCUT2D eigenvalue weighted by atomic mass is 10.1. The van der Waals surface area contributed by atoms with Crippen molar-refractivity contribution in [3.8, 4) is 0 Å². The summed E-state index contributed by atoms with van der Waals surface area (Å²) in [4.78, 5) is 3.50. The van der Waals surface area contributed by atoms with E-state index in [0.29, 0.717) is 5.56 Å². The van der Waals surface area contributed by atoms with Crippen LogP contribution < -0.4 is 10.5 Å². The molecule has 0 aliphatic rings. The normalized spacial score (nSPS) is 11.3. The van der Waals surface area contributed by atoms with Crippen molar-refractivity contribution in [1.29, 1.82) is 0 Å². The van der Waals surface area contributed by atoms with Crippen molar-refractivity contribution in [2.24, 2.45) is 5.73 Å². The summed E-state index contributed by atoms with van der Waals surface area (Å²) in [6.07, 6.45) is 2.59. The molecule has 9 heteroatoms. The van der Waals surface area contributed by atoms with Crippen LogP contribution in [0, 0.1) is 12.7 Å². The smallest absolute Gasteiger partial charge is 0.264 e. The molecule has 0 radical (unpaired) electrons. The molecule has 0 saturated heterocycles. The Labute approximate surface area is 115 Å². The van der Waals surface area contributed by atoms with Crippen LogP contribution in [0.5, 0.6) is 0 Å². The Kier molecular flexibility index (Phi) is 3.91. The molecule has 20 heavy (non-hydrogen) atoms. The van der Waals surface area contributed by atoms with Gasteiger partial charge in [-0.3, -0.25) is 0 Å². The molecule has 0 aliphatic carbocycles. The van der Waals surface area contributed by atoms with E-state index >= 15 is 0 Å². The van der Waals surface area contributed by atoms with Gasteiger partial charge in [0.25, 0.3) is 16.0 Å². The maximum atomic E-state index is 13.7. The standard InChI is InChI=1S/C11H12FN5O2S/c1-7-9(12)4-8(6-13)5-10(7)20(18,19)17-11-14-2-3-15-16-11/h2-5H,6,13H2,1H3,(H,14,16,17). The van der Waals surface area contributed by atoms with E-state index in [-0.39, 0.29) is 23.0 Å². The Balaban J connectivity index is 2.47. The van der Waals surface area contributed by atoms with E-state index in [1.807, 2.05) is 0 Å². The van der Waals surface area contributed by atoms with Crippen LogP contribution in [0.2, 0.25) is 0 Å². The predicted octanol–water partition coefficient (Wildman–Crippen LogP) is 0.579. The molecule has 0 bridgehead atoms. The molecule has 0 aliphatic heterocycles. The average Bonchev–Trinajstić information content (AvgIpc) is 2.42. The van der Waals surface area contributed by atoms with E-state index in [4.69, 9.17) is 5.73 Å². The zero-order chi connectivity index (χ0) is 14.8. The first-order valence-electron chi connectivity index (χ1n) is 5.59. The number of nitrogens with zero attached hydrogens (tertiary/aromatic N) is 3. The summed E-state index contributed by atoms with van der Waals surface area (Å²) in [6.45, 7) is 1.40. The van der Waals surface area contributed by atoms with Crippen molar-refractivity contribution < 1.29 is 12.8 Å². The molecule has 0 spiro atoms. The lowest BCUT2D eigenvalue weighted by Gasteiger charge is -2.11. The Morgan fingerprint density at radius 2 is 2.10 bits per heavy atom. The maximum absolute atomic E-state index is 13.7. The second-order valence-electron chi connectivity index (χ2n) is 3.98. The van der Waals surface area contributed by atoms with Gasteiger partial charge >= 0.3 is 0 Å². The van der Waals surface area contributed by atoms with Gasteiger partial charge in [0, 0.05) is 12.1 Å². The first kappa shape index (κ1) is 14.3. The summed E-state index contributed by atoms with van der Waals surface area (Å²) in [5.74, 6) is -0.828. The number of hydrogen-bond donors (Lipinski definition) is 2. The molecular weight excluding hydrogens is 285 g/mol. The van der Waals surface area contributed by atoms with Crippen molar-refractivity contribution in [3.63, 3.8) is 0 Å². The minimum atomic E-state index is -4.01. The van der Waals surface area contributed by atoms with Gasteiger partial charge in [0.1, 0.15) is 5.82 Å². The first-order valence-corrected chi connectivity index (χ1v) is 7.08. The van der Waals surface area contributed by atoms with E-state index in [1.165, 1.54) is 31.5 Å². The molecule has 1 aromatic carbocycles. The summed E-state index contributed by atoms with van der Waals surface area (Å²) >= 11 is 0. The van der Waals surface area contributed by atoms with Gasteiger partial charge < -0.3 is 5.73 Å². The Morgan fingerprint density at radius 1 is 1.35 bits per heavy atom. The largest absolute Gasteiger partial charge is 0.326 e. The average molecular weight is 297 g/mol. The van der Waals surface area contributed by atoms with Crippen molar-refractivity contribution >= 4 is 16.0 Å². The fourth-order valence-corrected chi connectivity index (χ4v) is 2.82. The van der Waals surface area contributed by atoms with E-state index in [1.54, 1.807) is 0 Å². The van der Waals surface area contributed by atoms with Crippen molar-refractivity contribution in [1.82, 2.24) is 15.2 Å². The zero-order valence-corrected chi connectivity index (χ0v) is 11.4. The third kappa shape index (κ3) is 2.89. The van der Waals surface area contributed by atoms with Crippen molar-refractivity contribution in [3.05, 3.63) is 41.5 Å². The Hall–Kier alpha value is -2.13. The number of aromatic nitrogens is 3. The van der Waals surface area contributed by atoms with Gasteiger partial charge in [-0.1, -0.05) is 0 Å². The van der Waals surface area contributed by atoms with Crippen LogP contribution in [0.1, 0.15) is 11.1 Å². The third-order valence-corrected chi connectivity index (χ3v) is 4.04. The van der Waals surface area contributed by atoms with Crippen LogP contribution in [0.15, 0.2) is 29.4 Å². The van der Waals surface area contributed by atoms with Crippen LogP contribution in [0.25, 0.3) is 0 Å². The highest BCUT2D eigenvalue weighted by Crippen LogP contribution is 2.22. The van der Waals surface area contributed by atoms with Gasteiger partial charge in [0.05, 0.1) is 17.3 Å². The van der Waals surface area contributed by atoms with Gasteiger partial charge in [-0.15, -0.1) is 5.10 Å². The quantitative estimate of drug-likeness (QED) is 0.854. The summed E-state index contributed by atoms with van der Waals surface area (Å²) in [6, 6.07) is 2.52. The summed E-state index contributed by atoms with van der Waals surface area (Å²) in [7, 11) is -4.01. The molecule has 1 heterocycles. The fraction of sp³-hybridized carbons (Fsp3) is 0.182. The summed E-state index contributed by atoms with van der Waals surface area (Å²) < 4.78 is 40.3. The van der Waals surface area contributed by atoms with E-state index < -0.39 is 15.8 Å². The van der Waals surface area contributed by atoms with Crippen LogP contribution in [0.4, 0.5) is 10.3 Å². The number of hydrogen-bond acceptors (Lipinski definition) is 6. The molecule has 2 rings (SSSR count). The lowest BCUT2D eigenvalue weighted by molar-refractivity contribution is 0.589. The minimum Gasteiger partial charge on any atom is -0.326 e. The highest BCUT2D eigenvalue weighted by Gasteiger charge is 2.21. The predicted molar refractivity (Wildman–Crippen MR) is 69.7 cm³/mol. The molecule has 0 saturated carbocycles.